The molecule has 19 aromatic rings. The fraction of sp³-hybridized carbons (Fsp3) is 0.0606. The van der Waals surface area contributed by atoms with Gasteiger partial charge >= 0.3 is 7.12 Å². The first-order valence-corrected chi connectivity index (χ1v) is 37.9. The molecule has 0 amide bonds. The van der Waals surface area contributed by atoms with Gasteiger partial charge in [-0.1, -0.05) is 249 Å². The van der Waals surface area contributed by atoms with Crippen LogP contribution in [0.5, 0.6) is 0 Å². The molecular weight excluding hydrogens is 1390 g/mol. The van der Waals surface area contributed by atoms with Crippen molar-refractivity contribution in [3.05, 3.63) is 364 Å². The molecule has 1 aliphatic rings. The van der Waals surface area contributed by atoms with Gasteiger partial charge in [-0.25, -0.2) is 34.9 Å². The number of hydrogen-bond acceptors (Lipinski definition) is 11. The SMILES string of the molecule is CC1(C)OB(c2cccc(-c3nc(-c4ccccc4)nc(-c4ccc(-c5ccc6c(c5)c5ccccc5n6-c5ccccc5)cc4)n3)c2)OC1(C)C.c1ccc(-c2nc(-c3ccc(-c4ccc5c(c4)c4ccccc4n5-c4ccccc4)cc3)nc(-c3cccc(-c4cc(-c5ccccn5)nc(-c5ccccn5)c4)c3)n2)cc1. The molecule has 0 atom stereocenters. The molecule has 0 spiro atoms. The summed E-state index contributed by atoms with van der Waals surface area (Å²) < 4.78 is 17.4. The molecule has 7 aromatic heterocycles. The van der Waals surface area contributed by atoms with Crippen molar-refractivity contribution in [1.29, 1.82) is 0 Å². The zero-order chi connectivity index (χ0) is 76.0. The highest BCUT2D eigenvalue weighted by Crippen LogP contribution is 2.41. The Hall–Kier alpha value is -14.3. The van der Waals surface area contributed by atoms with Crippen molar-refractivity contribution >= 4 is 56.2 Å². The Balaban J connectivity index is 0.000000154. The summed E-state index contributed by atoms with van der Waals surface area (Å²) in [7, 11) is -0.485. The highest BCUT2D eigenvalue weighted by atomic mass is 16.7. The monoisotopic (exact) mass is 1460 g/mol. The largest absolute Gasteiger partial charge is 0.494 e. The number of pyridine rings is 3. The average Bonchev–Trinajstić information content (AvgIpc) is 1.60. The maximum absolute atomic E-state index is 6.36. The number of fused-ring (bicyclic) bond motifs is 6. The zero-order valence-corrected chi connectivity index (χ0v) is 62.5. The number of nitrogens with zero attached hydrogens (tertiary/aromatic N) is 11. The molecule has 13 nitrogen and oxygen atoms in total. The van der Waals surface area contributed by atoms with Gasteiger partial charge in [-0.3, -0.25) is 9.97 Å². The van der Waals surface area contributed by atoms with E-state index in [-0.39, 0.29) is 0 Å². The van der Waals surface area contributed by atoms with Gasteiger partial charge in [0.05, 0.1) is 56.0 Å². The first kappa shape index (κ1) is 69.2. The van der Waals surface area contributed by atoms with E-state index in [1.807, 2.05) is 127 Å². The maximum Gasteiger partial charge on any atom is 0.494 e. The van der Waals surface area contributed by atoms with Crippen LogP contribution < -0.4 is 5.46 Å². The molecule has 1 saturated heterocycles. The van der Waals surface area contributed by atoms with Crippen molar-refractivity contribution in [2.24, 2.45) is 0 Å². The Morgan fingerprint density at radius 2 is 0.558 bits per heavy atom. The molecule has 0 saturated carbocycles. The summed E-state index contributed by atoms with van der Waals surface area (Å²) in [5.74, 6) is 3.60. The van der Waals surface area contributed by atoms with Gasteiger partial charge in [0.2, 0.25) is 0 Å². The molecule has 1 fully saturated rings. The predicted octanol–water partition coefficient (Wildman–Crippen LogP) is 22.8. The second-order valence-corrected chi connectivity index (χ2v) is 29.2. The fourth-order valence-corrected chi connectivity index (χ4v) is 15.0. The van der Waals surface area contributed by atoms with E-state index in [1.54, 1.807) is 12.4 Å². The predicted molar refractivity (Wildman–Crippen MR) is 457 cm³/mol. The van der Waals surface area contributed by atoms with Crippen molar-refractivity contribution in [2.45, 2.75) is 38.9 Å². The lowest BCUT2D eigenvalue weighted by molar-refractivity contribution is 0.00578. The van der Waals surface area contributed by atoms with Crippen molar-refractivity contribution in [3.8, 4) is 136 Å². The minimum absolute atomic E-state index is 0.437. The van der Waals surface area contributed by atoms with Crippen LogP contribution >= 0.6 is 0 Å². The molecule has 14 heteroatoms. The van der Waals surface area contributed by atoms with Gasteiger partial charge in [-0.05, 0) is 170 Å². The topological polar surface area (TPSA) is 144 Å². The van der Waals surface area contributed by atoms with Crippen LogP contribution in [-0.4, -0.2) is 72.3 Å². The van der Waals surface area contributed by atoms with Crippen LogP contribution in [0.2, 0.25) is 0 Å². The van der Waals surface area contributed by atoms with E-state index in [0.29, 0.717) is 34.9 Å². The van der Waals surface area contributed by atoms with Crippen molar-refractivity contribution in [1.82, 2.24) is 54.0 Å². The van der Waals surface area contributed by atoms with Crippen molar-refractivity contribution in [3.63, 3.8) is 0 Å². The summed E-state index contributed by atoms with van der Waals surface area (Å²) in [6, 6.07) is 121. The summed E-state index contributed by atoms with van der Waals surface area (Å²) >= 11 is 0. The second-order valence-electron chi connectivity index (χ2n) is 29.2. The van der Waals surface area contributed by atoms with Gasteiger partial charge in [-0.2, -0.15) is 0 Å². The standard InChI is InChI=1S/C54H35N7.C45H37BN4O2/c1-3-14-37(15-4-1)52-58-53(38-26-24-36(25-27-38)40-28-29-51-45(33-40)44-20-7-8-23-50(44)61(51)43-18-5-2-6-19-43)60-54(59-52)41-17-13-16-39(32-41)42-34-48(46-21-9-11-30-55-46)57-49(35-42)47-22-10-12-31-56-47;1-44(2)45(3,4)52-46(51-44)35-17-13-16-34(28-35)43-48-41(31-14-7-5-8-15-31)47-42(49-43)32-24-22-30(23-25-32)33-26-27-40-38(29-33)37-20-11-12-21-39(37)50(40)36-18-9-6-10-19-36/h1-35H;5-29H,1-4H3. The van der Waals surface area contributed by atoms with Gasteiger partial charge in [0.15, 0.2) is 34.9 Å². The molecule has 0 aliphatic carbocycles. The number of rotatable bonds is 14. The normalized spacial score (nSPS) is 13.0. The molecule has 538 valence electrons. The number of aromatic nitrogens is 11. The molecular formula is C99H72BN11O2. The van der Waals surface area contributed by atoms with Crippen LogP contribution in [0.25, 0.3) is 179 Å². The highest BCUT2D eigenvalue weighted by molar-refractivity contribution is 6.62. The van der Waals surface area contributed by atoms with Gasteiger partial charge in [0, 0.05) is 78.7 Å². The minimum Gasteiger partial charge on any atom is -0.399 e. The van der Waals surface area contributed by atoms with Gasteiger partial charge in [-0.15, -0.1) is 0 Å². The molecule has 0 radical (unpaired) electrons. The Kier molecular flexibility index (Phi) is 17.9. The van der Waals surface area contributed by atoms with Gasteiger partial charge < -0.3 is 18.4 Å². The third-order valence-electron chi connectivity index (χ3n) is 21.5. The second kappa shape index (κ2) is 29.3. The molecule has 113 heavy (non-hydrogen) atoms. The van der Waals surface area contributed by atoms with E-state index in [9.17, 15) is 0 Å². The first-order chi connectivity index (χ1) is 55.5. The molecule has 12 aromatic carbocycles. The Morgan fingerprint density at radius 3 is 0.991 bits per heavy atom. The number of para-hydroxylation sites is 4. The lowest BCUT2D eigenvalue weighted by Gasteiger charge is -2.32. The quantitative estimate of drug-likeness (QED) is 0.0960. The molecule has 20 rings (SSSR count). The van der Waals surface area contributed by atoms with E-state index in [1.165, 1.54) is 43.6 Å². The van der Waals surface area contributed by atoms with E-state index in [0.717, 1.165) is 106 Å². The molecule has 0 bridgehead atoms. The summed E-state index contributed by atoms with van der Waals surface area (Å²) in [6.07, 6.45) is 3.57. The molecule has 8 heterocycles. The summed E-state index contributed by atoms with van der Waals surface area (Å²) in [5, 5.41) is 4.89. The van der Waals surface area contributed by atoms with Crippen molar-refractivity contribution in [2.75, 3.05) is 0 Å². The number of hydrogen-bond donors (Lipinski definition) is 0. The van der Waals surface area contributed by atoms with E-state index in [2.05, 4.69) is 271 Å². The summed E-state index contributed by atoms with van der Waals surface area (Å²) in [4.78, 5) is 44.3. The third kappa shape index (κ3) is 13.6. The minimum atomic E-state index is -0.485. The van der Waals surface area contributed by atoms with Crippen molar-refractivity contribution < 1.29 is 9.31 Å². The van der Waals surface area contributed by atoms with Gasteiger partial charge in [0.25, 0.3) is 0 Å². The molecule has 1 aliphatic heterocycles. The molecule has 0 N–H and O–H groups in total. The average molecular weight is 1460 g/mol. The third-order valence-corrected chi connectivity index (χ3v) is 21.5. The summed E-state index contributed by atoms with van der Waals surface area (Å²) in [6.45, 7) is 8.26. The Morgan fingerprint density at radius 1 is 0.230 bits per heavy atom. The van der Waals surface area contributed by atoms with Crippen LogP contribution in [-0.2, 0) is 9.31 Å². The first-order valence-electron chi connectivity index (χ1n) is 37.9. The number of benzene rings is 12. The van der Waals surface area contributed by atoms with Crippen LogP contribution in [0.4, 0.5) is 0 Å². The highest BCUT2D eigenvalue weighted by Gasteiger charge is 2.51. The smallest absolute Gasteiger partial charge is 0.399 e. The van der Waals surface area contributed by atoms with E-state index < -0.39 is 18.3 Å². The maximum atomic E-state index is 6.36. The Bertz CT molecular complexity index is 6650. The fourth-order valence-electron chi connectivity index (χ4n) is 15.0. The molecule has 0 unspecified atom stereocenters. The van der Waals surface area contributed by atoms with E-state index in [4.69, 9.17) is 44.2 Å². The van der Waals surface area contributed by atoms with Crippen LogP contribution in [0.1, 0.15) is 27.7 Å². The van der Waals surface area contributed by atoms with E-state index >= 15 is 0 Å². The van der Waals surface area contributed by atoms with Crippen LogP contribution in [0.15, 0.2) is 364 Å². The lowest BCUT2D eigenvalue weighted by Crippen LogP contribution is -2.41. The Labute approximate surface area is 654 Å². The summed E-state index contributed by atoms with van der Waals surface area (Å²) in [5.41, 5.74) is 22.1. The zero-order valence-electron chi connectivity index (χ0n) is 62.5. The van der Waals surface area contributed by atoms with Crippen LogP contribution in [0.3, 0.4) is 0 Å². The van der Waals surface area contributed by atoms with Gasteiger partial charge in [0.1, 0.15) is 0 Å². The van der Waals surface area contributed by atoms with Crippen LogP contribution in [0, 0.1) is 0 Å². The lowest BCUT2D eigenvalue weighted by atomic mass is 9.78.